The van der Waals surface area contributed by atoms with Crippen molar-refractivity contribution in [3.8, 4) is 0 Å². The highest BCUT2D eigenvalue weighted by atomic mass is 16.5. The van der Waals surface area contributed by atoms with Crippen molar-refractivity contribution in [1.29, 1.82) is 0 Å². The Labute approximate surface area is 126 Å². The van der Waals surface area contributed by atoms with E-state index in [-0.39, 0.29) is 12.0 Å². The van der Waals surface area contributed by atoms with Crippen LogP contribution in [0.2, 0.25) is 0 Å². The highest BCUT2D eigenvalue weighted by Crippen LogP contribution is 2.20. The van der Waals surface area contributed by atoms with Crippen LogP contribution in [0.3, 0.4) is 0 Å². The van der Waals surface area contributed by atoms with Gasteiger partial charge in [-0.15, -0.1) is 0 Å². The lowest BCUT2D eigenvalue weighted by molar-refractivity contribution is -0.0226. The van der Waals surface area contributed by atoms with E-state index in [1.54, 1.807) is 6.20 Å². The molecule has 1 atom stereocenters. The summed E-state index contributed by atoms with van der Waals surface area (Å²) in [6.07, 6.45) is 3.78. The molecule has 1 unspecified atom stereocenters. The van der Waals surface area contributed by atoms with E-state index in [0.29, 0.717) is 25.3 Å². The molecule has 2 rings (SSSR count). The van der Waals surface area contributed by atoms with Gasteiger partial charge in [0.05, 0.1) is 24.0 Å². The Balaban J connectivity index is 2.17. The first-order valence-corrected chi connectivity index (χ1v) is 7.77. The molecule has 0 saturated carbocycles. The second-order valence-corrected chi connectivity index (χ2v) is 5.45. The third-order valence-corrected chi connectivity index (χ3v) is 3.72. The third-order valence-electron chi connectivity index (χ3n) is 3.72. The van der Waals surface area contributed by atoms with E-state index in [1.807, 2.05) is 17.9 Å². The molecule has 1 fully saturated rings. The molecule has 1 aromatic heterocycles. The van der Waals surface area contributed by atoms with Crippen molar-refractivity contribution < 1.29 is 9.53 Å². The largest absolute Gasteiger partial charge is 0.384 e. The molecule has 2 heterocycles. The van der Waals surface area contributed by atoms with E-state index >= 15 is 0 Å². The number of pyridine rings is 1. The van der Waals surface area contributed by atoms with Crippen molar-refractivity contribution in [2.75, 3.05) is 31.6 Å². The summed E-state index contributed by atoms with van der Waals surface area (Å²) in [6.45, 7) is 8.91. The Morgan fingerprint density at radius 2 is 2.33 bits per heavy atom. The van der Waals surface area contributed by atoms with Crippen LogP contribution >= 0.6 is 0 Å². The topological polar surface area (TPSA) is 54.5 Å². The number of ether oxygens (including phenoxy) is 1. The number of hydrogen-bond acceptors (Lipinski definition) is 4. The number of rotatable bonds is 5. The minimum Gasteiger partial charge on any atom is -0.384 e. The number of amides is 1. The van der Waals surface area contributed by atoms with Gasteiger partial charge in [-0.3, -0.25) is 9.78 Å². The second-order valence-electron chi connectivity index (χ2n) is 5.45. The van der Waals surface area contributed by atoms with Crippen LogP contribution in [0.4, 0.5) is 5.69 Å². The van der Waals surface area contributed by atoms with E-state index < -0.39 is 0 Å². The molecule has 0 bridgehead atoms. The first-order valence-electron chi connectivity index (χ1n) is 7.77. The van der Waals surface area contributed by atoms with Gasteiger partial charge in [0.15, 0.2) is 0 Å². The molecular formula is C16H25N3O2. The van der Waals surface area contributed by atoms with Crippen LogP contribution in [-0.2, 0) is 4.74 Å². The number of aromatic nitrogens is 1. The van der Waals surface area contributed by atoms with E-state index in [0.717, 1.165) is 30.8 Å². The predicted molar refractivity (Wildman–Crippen MR) is 83.7 cm³/mol. The molecule has 1 aliphatic rings. The van der Waals surface area contributed by atoms with Crippen molar-refractivity contribution in [3.63, 3.8) is 0 Å². The quantitative estimate of drug-likeness (QED) is 0.905. The number of aryl methyl sites for hydroxylation is 1. The summed E-state index contributed by atoms with van der Waals surface area (Å²) in [5.41, 5.74) is 2.46. The fourth-order valence-corrected chi connectivity index (χ4v) is 2.46. The molecule has 5 heteroatoms. The van der Waals surface area contributed by atoms with Crippen LogP contribution in [0.15, 0.2) is 12.3 Å². The summed E-state index contributed by atoms with van der Waals surface area (Å²) in [5, 5.41) is 3.33. The van der Waals surface area contributed by atoms with Crippen molar-refractivity contribution in [2.24, 2.45) is 0 Å². The van der Waals surface area contributed by atoms with Gasteiger partial charge in [-0.05, 0) is 25.8 Å². The lowest BCUT2D eigenvalue weighted by Crippen LogP contribution is -2.45. The third kappa shape index (κ3) is 3.94. The minimum absolute atomic E-state index is 0.0443. The van der Waals surface area contributed by atoms with Gasteiger partial charge in [0, 0.05) is 31.5 Å². The molecule has 1 amide bonds. The summed E-state index contributed by atoms with van der Waals surface area (Å²) >= 11 is 0. The number of carbonyl (C=O) groups is 1. The zero-order valence-electron chi connectivity index (χ0n) is 13.2. The molecule has 0 radical (unpaired) electrons. The Hall–Kier alpha value is -1.62. The smallest absolute Gasteiger partial charge is 0.257 e. The minimum atomic E-state index is 0.0443. The summed E-state index contributed by atoms with van der Waals surface area (Å²) in [5.74, 6) is 0.0443. The summed E-state index contributed by atoms with van der Waals surface area (Å²) in [6, 6.07) is 1.95. The fourth-order valence-electron chi connectivity index (χ4n) is 2.46. The number of anilines is 1. The van der Waals surface area contributed by atoms with Gasteiger partial charge in [0.2, 0.25) is 0 Å². The maximum Gasteiger partial charge on any atom is 0.257 e. The second kappa shape index (κ2) is 7.41. The van der Waals surface area contributed by atoms with E-state index in [9.17, 15) is 4.79 Å². The fraction of sp³-hybridized carbons (Fsp3) is 0.625. The van der Waals surface area contributed by atoms with Crippen LogP contribution in [0, 0.1) is 6.92 Å². The Morgan fingerprint density at radius 3 is 3.05 bits per heavy atom. The molecule has 116 valence electrons. The number of nitrogens with one attached hydrogen (secondary N) is 1. The van der Waals surface area contributed by atoms with Crippen LogP contribution in [0.25, 0.3) is 0 Å². The molecule has 0 aliphatic carbocycles. The molecule has 1 N–H and O–H groups in total. The van der Waals surface area contributed by atoms with E-state index in [2.05, 4.69) is 24.1 Å². The zero-order valence-corrected chi connectivity index (χ0v) is 13.2. The highest BCUT2D eigenvalue weighted by Gasteiger charge is 2.25. The molecule has 21 heavy (non-hydrogen) atoms. The van der Waals surface area contributed by atoms with Crippen molar-refractivity contribution in [3.05, 3.63) is 23.5 Å². The normalized spacial score (nSPS) is 18.6. The zero-order chi connectivity index (χ0) is 15.2. The monoisotopic (exact) mass is 291 g/mol. The Morgan fingerprint density at radius 1 is 1.52 bits per heavy atom. The van der Waals surface area contributed by atoms with Gasteiger partial charge >= 0.3 is 0 Å². The van der Waals surface area contributed by atoms with Crippen molar-refractivity contribution >= 4 is 11.6 Å². The van der Waals surface area contributed by atoms with Crippen LogP contribution in [0.1, 0.15) is 42.7 Å². The summed E-state index contributed by atoms with van der Waals surface area (Å²) in [4.78, 5) is 18.9. The van der Waals surface area contributed by atoms with Gasteiger partial charge < -0.3 is 15.0 Å². The SMILES string of the molecule is CCCNc1cc(C)ncc1C(=O)N1CCOC(CC)C1. The van der Waals surface area contributed by atoms with Gasteiger partial charge in [-0.2, -0.15) is 0 Å². The maximum atomic E-state index is 12.7. The van der Waals surface area contributed by atoms with Gasteiger partial charge in [-0.25, -0.2) is 0 Å². The van der Waals surface area contributed by atoms with Gasteiger partial charge in [0.1, 0.15) is 0 Å². The lowest BCUT2D eigenvalue weighted by Gasteiger charge is -2.33. The molecule has 1 saturated heterocycles. The Bertz CT molecular complexity index is 490. The summed E-state index contributed by atoms with van der Waals surface area (Å²) in [7, 11) is 0. The van der Waals surface area contributed by atoms with Gasteiger partial charge in [0.25, 0.3) is 5.91 Å². The molecule has 5 nitrogen and oxygen atoms in total. The highest BCUT2D eigenvalue weighted by molar-refractivity contribution is 5.99. The maximum absolute atomic E-state index is 12.7. The standard InChI is InChI=1S/C16H25N3O2/c1-4-6-17-15-9-12(3)18-10-14(15)16(20)19-7-8-21-13(5-2)11-19/h9-10,13H,4-8,11H2,1-3H3,(H,17,18). The molecule has 1 aliphatic heterocycles. The molecule has 0 aromatic carbocycles. The molecule has 1 aromatic rings. The Kier molecular flexibility index (Phi) is 5.56. The molecule has 0 spiro atoms. The molecular weight excluding hydrogens is 266 g/mol. The first-order chi connectivity index (χ1) is 10.2. The van der Waals surface area contributed by atoms with E-state index in [4.69, 9.17) is 4.74 Å². The van der Waals surface area contributed by atoms with Crippen LogP contribution in [-0.4, -0.2) is 48.1 Å². The number of carbonyl (C=O) groups excluding carboxylic acids is 1. The van der Waals surface area contributed by atoms with Crippen molar-refractivity contribution in [2.45, 2.75) is 39.7 Å². The first kappa shape index (κ1) is 15.8. The lowest BCUT2D eigenvalue weighted by atomic mass is 10.1. The number of morpholine rings is 1. The van der Waals surface area contributed by atoms with Crippen molar-refractivity contribution in [1.82, 2.24) is 9.88 Å². The summed E-state index contributed by atoms with van der Waals surface area (Å²) < 4.78 is 5.63. The predicted octanol–water partition coefficient (Wildman–Crippen LogP) is 2.46. The number of nitrogens with zero attached hydrogens (tertiary/aromatic N) is 2. The van der Waals surface area contributed by atoms with Gasteiger partial charge in [-0.1, -0.05) is 13.8 Å². The van der Waals surface area contributed by atoms with Crippen LogP contribution in [0.5, 0.6) is 0 Å². The van der Waals surface area contributed by atoms with E-state index in [1.165, 1.54) is 0 Å². The average Bonchev–Trinajstić information content (AvgIpc) is 2.52. The number of hydrogen-bond donors (Lipinski definition) is 1. The van der Waals surface area contributed by atoms with Crippen LogP contribution < -0.4 is 5.32 Å². The average molecular weight is 291 g/mol.